The minimum atomic E-state index is -0.502. The van der Waals surface area contributed by atoms with E-state index in [4.69, 9.17) is 4.42 Å². The summed E-state index contributed by atoms with van der Waals surface area (Å²) in [5.74, 6) is 0. The predicted octanol–water partition coefficient (Wildman–Crippen LogP) is 4.22. The summed E-state index contributed by atoms with van der Waals surface area (Å²) in [6, 6.07) is 20.1. The predicted molar refractivity (Wildman–Crippen MR) is 79.2 cm³/mol. The van der Waals surface area contributed by atoms with Crippen LogP contribution in [0.4, 0.5) is 0 Å². The monoisotopic (exact) mass is 264 g/mol. The van der Waals surface area contributed by atoms with Gasteiger partial charge in [0, 0.05) is 6.42 Å². The lowest BCUT2D eigenvalue weighted by Gasteiger charge is -2.10. The maximum atomic E-state index is 10.2. The Kier molecular flexibility index (Phi) is 3.66. The molecule has 2 heteroatoms. The molecule has 2 aromatic carbocycles. The first kappa shape index (κ1) is 12.7. The number of benzene rings is 2. The summed E-state index contributed by atoms with van der Waals surface area (Å²) >= 11 is 0. The van der Waals surface area contributed by atoms with Crippen molar-refractivity contribution in [2.45, 2.75) is 12.5 Å². The van der Waals surface area contributed by atoms with Crippen molar-refractivity contribution in [2.75, 3.05) is 0 Å². The molecular formula is C18H16O2. The van der Waals surface area contributed by atoms with E-state index in [9.17, 15) is 5.11 Å². The standard InChI is InChI=1S/C18H16O2/c19-18(12-14-10-11-20-13-14)17-8-6-16(7-9-17)15-4-2-1-3-5-15/h1-11,13,18-19H,12H2. The zero-order valence-corrected chi connectivity index (χ0v) is 11.1. The van der Waals surface area contributed by atoms with Crippen LogP contribution in [0.3, 0.4) is 0 Å². The van der Waals surface area contributed by atoms with Crippen LogP contribution in [-0.2, 0) is 6.42 Å². The van der Waals surface area contributed by atoms with Gasteiger partial charge in [-0.25, -0.2) is 0 Å². The highest BCUT2D eigenvalue weighted by atomic mass is 16.3. The highest BCUT2D eigenvalue weighted by Gasteiger charge is 2.09. The Labute approximate surface area is 118 Å². The number of hydrogen-bond donors (Lipinski definition) is 1. The molecular weight excluding hydrogens is 248 g/mol. The molecule has 0 saturated carbocycles. The van der Waals surface area contributed by atoms with Crippen molar-refractivity contribution >= 4 is 0 Å². The summed E-state index contributed by atoms with van der Waals surface area (Å²) in [5, 5.41) is 10.2. The average Bonchev–Trinajstić information content (AvgIpc) is 3.01. The normalized spacial score (nSPS) is 12.2. The molecule has 20 heavy (non-hydrogen) atoms. The molecule has 1 aromatic heterocycles. The van der Waals surface area contributed by atoms with Gasteiger partial charge in [-0.3, -0.25) is 0 Å². The zero-order chi connectivity index (χ0) is 13.8. The maximum absolute atomic E-state index is 10.2. The van der Waals surface area contributed by atoms with E-state index >= 15 is 0 Å². The van der Waals surface area contributed by atoms with Crippen molar-refractivity contribution in [1.29, 1.82) is 0 Å². The van der Waals surface area contributed by atoms with E-state index < -0.39 is 6.10 Å². The Morgan fingerprint density at radius 1 is 0.850 bits per heavy atom. The first-order valence-corrected chi connectivity index (χ1v) is 6.67. The van der Waals surface area contributed by atoms with Crippen molar-refractivity contribution in [1.82, 2.24) is 0 Å². The molecule has 2 nitrogen and oxygen atoms in total. The van der Waals surface area contributed by atoms with Crippen LogP contribution >= 0.6 is 0 Å². The molecule has 0 aliphatic heterocycles. The second-order valence-electron chi connectivity index (χ2n) is 4.84. The molecule has 0 fully saturated rings. The summed E-state index contributed by atoms with van der Waals surface area (Å²) in [6.45, 7) is 0. The zero-order valence-electron chi connectivity index (χ0n) is 11.1. The van der Waals surface area contributed by atoms with Crippen LogP contribution in [0.15, 0.2) is 77.6 Å². The molecule has 0 saturated heterocycles. The fraction of sp³-hybridized carbons (Fsp3) is 0.111. The van der Waals surface area contributed by atoms with Gasteiger partial charge in [-0.1, -0.05) is 54.6 Å². The molecule has 0 aliphatic rings. The third-order valence-electron chi connectivity index (χ3n) is 3.41. The van der Waals surface area contributed by atoms with Crippen molar-refractivity contribution in [3.05, 3.63) is 84.3 Å². The molecule has 100 valence electrons. The summed E-state index contributed by atoms with van der Waals surface area (Å²) < 4.78 is 5.02. The van der Waals surface area contributed by atoms with Gasteiger partial charge in [-0.05, 0) is 28.3 Å². The molecule has 1 atom stereocenters. The summed E-state index contributed by atoms with van der Waals surface area (Å²) in [7, 11) is 0. The van der Waals surface area contributed by atoms with Crippen molar-refractivity contribution in [3.63, 3.8) is 0 Å². The molecule has 1 heterocycles. The first-order valence-electron chi connectivity index (χ1n) is 6.67. The smallest absolute Gasteiger partial charge is 0.0935 e. The number of aliphatic hydroxyl groups excluding tert-OH is 1. The van der Waals surface area contributed by atoms with E-state index in [-0.39, 0.29) is 0 Å². The SMILES string of the molecule is OC(Cc1ccoc1)c1ccc(-c2ccccc2)cc1. The molecule has 0 amide bonds. The topological polar surface area (TPSA) is 33.4 Å². The molecule has 1 N–H and O–H groups in total. The summed E-state index contributed by atoms with van der Waals surface area (Å²) in [4.78, 5) is 0. The highest BCUT2D eigenvalue weighted by molar-refractivity contribution is 5.63. The van der Waals surface area contributed by atoms with Gasteiger partial charge in [0.25, 0.3) is 0 Å². The molecule has 3 rings (SSSR count). The van der Waals surface area contributed by atoms with Crippen LogP contribution in [0.2, 0.25) is 0 Å². The summed E-state index contributed by atoms with van der Waals surface area (Å²) in [6.07, 6.45) is 3.36. The van der Waals surface area contributed by atoms with E-state index in [0.717, 1.165) is 16.7 Å². The van der Waals surface area contributed by atoms with E-state index in [1.54, 1.807) is 12.5 Å². The average molecular weight is 264 g/mol. The summed E-state index contributed by atoms with van der Waals surface area (Å²) in [5.41, 5.74) is 4.27. The number of furan rings is 1. The largest absolute Gasteiger partial charge is 0.472 e. The lowest BCUT2D eigenvalue weighted by atomic mass is 9.99. The van der Waals surface area contributed by atoms with Crippen molar-refractivity contribution in [3.8, 4) is 11.1 Å². The Balaban J connectivity index is 1.76. The van der Waals surface area contributed by atoms with Gasteiger partial charge < -0.3 is 9.52 Å². The molecule has 3 aromatic rings. The lowest BCUT2D eigenvalue weighted by Crippen LogP contribution is -2.00. The third-order valence-corrected chi connectivity index (χ3v) is 3.41. The third kappa shape index (κ3) is 2.81. The molecule has 0 aliphatic carbocycles. The Hall–Kier alpha value is -2.32. The quantitative estimate of drug-likeness (QED) is 0.765. The van der Waals surface area contributed by atoms with Crippen LogP contribution in [0.5, 0.6) is 0 Å². The minimum Gasteiger partial charge on any atom is -0.472 e. The van der Waals surface area contributed by atoms with Gasteiger partial charge in [-0.15, -0.1) is 0 Å². The Morgan fingerprint density at radius 3 is 2.20 bits per heavy atom. The minimum absolute atomic E-state index is 0.502. The van der Waals surface area contributed by atoms with Gasteiger partial charge in [0.2, 0.25) is 0 Å². The first-order chi connectivity index (χ1) is 9.83. The van der Waals surface area contributed by atoms with Crippen LogP contribution in [0.1, 0.15) is 17.2 Å². The van der Waals surface area contributed by atoms with E-state index in [1.165, 1.54) is 5.56 Å². The van der Waals surface area contributed by atoms with E-state index in [0.29, 0.717) is 6.42 Å². The Morgan fingerprint density at radius 2 is 1.55 bits per heavy atom. The molecule has 1 unspecified atom stereocenters. The van der Waals surface area contributed by atoms with Crippen LogP contribution in [0, 0.1) is 0 Å². The van der Waals surface area contributed by atoms with Crippen LogP contribution < -0.4 is 0 Å². The maximum Gasteiger partial charge on any atom is 0.0935 e. The second-order valence-corrected chi connectivity index (χ2v) is 4.84. The van der Waals surface area contributed by atoms with Crippen LogP contribution in [0.25, 0.3) is 11.1 Å². The highest BCUT2D eigenvalue weighted by Crippen LogP contribution is 2.23. The van der Waals surface area contributed by atoms with Crippen LogP contribution in [-0.4, -0.2) is 5.11 Å². The van der Waals surface area contributed by atoms with Gasteiger partial charge in [-0.2, -0.15) is 0 Å². The second kappa shape index (κ2) is 5.76. The van der Waals surface area contributed by atoms with Gasteiger partial charge in [0.15, 0.2) is 0 Å². The van der Waals surface area contributed by atoms with Crippen molar-refractivity contribution < 1.29 is 9.52 Å². The van der Waals surface area contributed by atoms with Gasteiger partial charge in [0.05, 0.1) is 18.6 Å². The number of rotatable bonds is 4. The number of hydrogen-bond acceptors (Lipinski definition) is 2. The molecule has 0 spiro atoms. The molecule has 0 radical (unpaired) electrons. The Bertz CT molecular complexity index is 640. The fourth-order valence-corrected chi connectivity index (χ4v) is 2.28. The van der Waals surface area contributed by atoms with E-state index in [2.05, 4.69) is 12.1 Å². The van der Waals surface area contributed by atoms with Gasteiger partial charge in [0.1, 0.15) is 0 Å². The van der Waals surface area contributed by atoms with Crippen molar-refractivity contribution in [2.24, 2.45) is 0 Å². The molecule has 0 bridgehead atoms. The van der Waals surface area contributed by atoms with Gasteiger partial charge >= 0.3 is 0 Å². The number of aliphatic hydroxyl groups is 1. The fourth-order valence-electron chi connectivity index (χ4n) is 2.28. The lowest BCUT2D eigenvalue weighted by molar-refractivity contribution is 0.178. The van der Waals surface area contributed by atoms with E-state index in [1.807, 2.05) is 48.5 Å².